The maximum Gasteiger partial charge on any atom is 0.573 e. The monoisotopic (exact) mass is 322 g/mol. The molecule has 0 saturated carbocycles. The number of fused-ring (bicyclic) bond motifs is 1. The zero-order chi connectivity index (χ0) is 16.6. The third kappa shape index (κ3) is 3.08. The van der Waals surface area contributed by atoms with Crippen LogP contribution in [0.3, 0.4) is 0 Å². The summed E-state index contributed by atoms with van der Waals surface area (Å²) < 4.78 is 45.8. The summed E-state index contributed by atoms with van der Waals surface area (Å²) in [5.41, 5.74) is 2.27. The molecule has 23 heavy (non-hydrogen) atoms. The van der Waals surface area contributed by atoms with Crippen molar-refractivity contribution in [2.24, 2.45) is 0 Å². The highest BCUT2D eigenvalue weighted by Crippen LogP contribution is 2.39. The molecule has 0 unspecified atom stereocenters. The average molecular weight is 322 g/mol. The van der Waals surface area contributed by atoms with E-state index in [1.165, 1.54) is 12.1 Å². The van der Waals surface area contributed by atoms with Gasteiger partial charge in [0.05, 0.1) is 0 Å². The second kappa shape index (κ2) is 5.49. The molecule has 0 aliphatic carbocycles. The van der Waals surface area contributed by atoms with Crippen molar-refractivity contribution in [2.45, 2.75) is 13.3 Å². The number of hydrogen-bond acceptors (Lipinski definition) is 4. The van der Waals surface area contributed by atoms with E-state index < -0.39 is 6.36 Å². The topological polar surface area (TPSA) is 34.6 Å². The third-order valence-electron chi connectivity index (χ3n) is 3.38. The highest BCUT2D eigenvalue weighted by Gasteiger charge is 2.31. The number of hydrogen-bond donors (Lipinski definition) is 0. The van der Waals surface area contributed by atoms with E-state index in [4.69, 9.17) is 4.74 Å². The smallest absolute Gasteiger partial charge is 0.421 e. The van der Waals surface area contributed by atoms with Crippen molar-refractivity contribution >= 4 is 5.69 Å². The quantitative estimate of drug-likeness (QED) is 0.842. The van der Waals surface area contributed by atoms with Gasteiger partial charge >= 0.3 is 6.36 Å². The van der Waals surface area contributed by atoms with Crippen LogP contribution in [0.1, 0.15) is 6.92 Å². The highest BCUT2D eigenvalue weighted by molar-refractivity contribution is 5.73. The van der Waals surface area contributed by atoms with Gasteiger partial charge in [0.1, 0.15) is 11.4 Å². The molecule has 0 amide bonds. The van der Waals surface area contributed by atoms with Crippen molar-refractivity contribution in [3.63, 3.8) is 0 Å². The number of alkyl halides is 3. The number of ether oxygens (including phenoxy) is 2. The Hall–Kier alpha value is -2.70. The number of halogens is 3. The lowest BCUT2D eigenvalue weighted by molar-refractivity contribution is -0.274. The van der Waals surface area contributed by atoms with E-state index in [0.717, 1.165) is 16.8 Å². The van der Waals surface area contributed by atoms with Gasteiger partial charge in [-0.1, -0.05) is 12.1 Å². The number of rotatable bonds is 3. The molecular weight excluding hydrogens is 309 g/mol. The third-order valence-corrected chi connectivity index (χ3v) is 3.38. The molecule has 0 spiro atoms. The standard InChI is InChI=1S/C16H13F3N2O2/c1-3-21-10(2)22-15-14(21)8-12(9-20-15)11-4-6-13(7-5-11)23-16(17,18)19/h4-9H,2-3H2,1H3. The first-order valence-corrected chi connectivity index (χ1v) is 6.88. The van der Waals surface area contributed by atoms with Gasteiger partial charge in [-0.25, -0.2) is 4.98 Å². The van der Waals surface area contributed by atoms with Crippen LogP contribution in [0.5, 0.6) is 11.6 Å². The van der Waals surface area contributed by atoms with E-state index in [-0.39, 0.29) is 5.75 Å². The van der Waals surface area contributed by atoms with Gasteiger partial charge in [0.15, 0.2) is 5.88 Å². The van der Waals surface area contributed by atoms with Crippen LogP contribution >= 0.6 is 0 Å². The molecule has 1 aromatic carbocycles. The van der Waals surface area contributed by atoms with Gasteiger partial charge in [0.25, 0.3) is 0 Å². The molecule has 0 atom stereocenters. The Balaban J connectivity index is 1.89. The first kappa shape index (κ1) is 15.2. The molecular formula is C16H13F3N2O2. The number of nitrogens with zero attached hydrogens (tertiary/aromatic N) is 2. The predicted molar refractivity (Wildman–Crippen MR) is 79.1 cm³/mol. The van der Waals surface area contributed by atoms with Crippen LogP contribution in [0.2, 0.25) is 0 Å². The minimum Gasteiger partial charge on any atom is -0.421 e. The number of pyridine rings is 1. The SMILES string of the molecule is C=C1Oc2ncc(-c3ccc(OC(F)(F)F)cc3)cc2N1CC. The molecule has 3 rings (SSSR count). The van der Waals surface area contributed by atoms with E-state index in [1.807, 2.05) is 17.9 Å². The van der Waals surface area contributed by atoms with Crippen LogP contribution < -0.4 is 14.4 Å². The van der Waals surface area contributed by atoms with Crippen molar-refractivity contribution in [1.29, 1.82) is 0 Å². The van der Waals surface area contributed by atoms with Gasteiger partial charge in [-0.15, -0.1) is 13.2 Å². The molecule has 0 fully saturated rings. The van der Waals surface area contributed by atoms with Crippen molar-refractivity contribution in [2.75, 3.05) is 11.4 Å². The van der Waals surface area contributed by atoms with Gasteiger partial charge in [0.2, 0.25) is 5.88 Å². The average Bonchev–Trinajstić information content (AvgIpc) is 2.80. The fraction of sp³-hybridized carbons (Fsp3) is 0.188. The Morgan fingerprint density at radius 2 is 1.91 bits per heavy atom. The zero-order valence-electron chi connectivity index (χ0n) is 12.2. The van der Waals surface area contributed by atoms with E-state index >= 15 is 0 Å². The molecule has 7 heteroatoms. The molecule has 1 aliphatic heterocycles. The van der Waals surface area contributed by atoms with Gasteiger partial charge in [0, 0.05) is 18.3 Å². The summed E-state index contributed by atoms with van der Waals surface area (Å²) in [6, 6.07) is 7.49. The zero-order valence-corrected chi connectivity index (χ0v) is 12.2. The lowest BCUT2D eigenvalue weighted by Gasteiger charge is -2.14. The molecule has 2 heterocycles. The van der Waals surface area contributed by atoms with Crippen LogP contribution in [0.25, 0.3) is 11.1 Å². The summed E-state index contributed by atoms with van der Waals surface area (Å²) in [6.07, 6.45) is -3.10. The van der Waals surface area contributed by atoms with Crippen LogP contribution in [0, 0.1) is 0 Å². The fourth-order valence-electron chi connectivity index (χ4n) is 2.37. The largest absolute Gasteiger partial charge is 0.573 e. The molecule has 1 aliphatic rings. The second-order valence-corrected chi connectivity index (χ2v) is 4.86. The van der Waals surface area contributed by atoms with Crippen molar-refractivity contribution in [3.05, 3.63) is 49.0 Å². The van der Waals surface area contributed by atoms with Crippen molar-refractivity contribution in [1.82, 2.24) is 4.98 Å². The van der Waals surface area contributed by atoms with Crippen LogP contribution in [-0.2, 0) is 0 Å². The summed E-state index contributed by atoms with van der Waals surface area (Å²) in [4.78, 5) is 6.10. The Morgan fingerprint density at radius 1 is 1.22 bits per heavy atom. The minimum atomic E-state index is -4.70. The normalized spacial score (nSPS) is 13.7. The van der Waals surface area contributed by atoms with Gasteiger partial charge in [-0.05, 0) is 37.3 Å². The van der Waals surface area contributed by atoms with E-state index in [2.05, 4.69) is 16.3 Å². The fourth-order valence-corrected chi connectivity index (χ4v) is 2.37. The Labute approximate surface area is 130 Å². The maximum absolute atomic E-state index is 12.2. The first-order valence-electron chi connectivity index (χ1n) is 6.88. The molecule has 0 bridgehead atoms. The molecule has 120 valence electrons. The number of benzene rings is 1. The molecule has 2 aromatic rings. The van der Waals surface area contributed by atoms with Crippen LogP contribution in [0.15, 0.2) is 49.0 Å². The first-order chi connectivity index (χ1) is 10.9. The van der Waals surface area contributed by atoms with Gasteiger partial charge in [-0.3, -0.25) is 0 Å². The summed E-state index contributed by atoms with van der Waals surface area (Å²) in [5, 5.41) is 0. The Kier molecular flexibility index (Phi) is 3.63. The second-order valence-electron chi connectivity index (χ2n) is 4.86. The molecule has 1 aromatic heterocycles. The Morgan fingerprint density at radius 3 is 2.52 bits per heavy atom. The van der Waals surface area contributed by atoms with E-state index in [0.29, 0.717) is 18.3 Å². The van der Waals surface area contributed by atoms with E-state index in [9.17, 15) is 13.2 Å². The van der Waals surface area contributed by atoms with E-state index in [1.54, 1.807) is 18.3 Å². The van der Waals surface area contributed by atoms with Crippen molar-refractivity contribution in [3.8, 4) is 22.8 Å². The van der Waals surface area contributed by atoms with Crippen molar-refractivity contribution < 1.29 is 22.6 Å². The Bertz CT molecular complexity index is 742. The molecule has 4 nitrogen and oxygen atoms in total. The summed E-state index contributed by atoms with van der Waals surface area (Å²) in [6.45, 7) is 6.44. The molecule has 0 radical (unpaired) electrons. The van der Waals surface area contributed by atoms with Gasteiger partial charge in [-0.2, -0.15) is 0 Å². The summed E-state index contributed by atoms with van der Waals surface area (Å²) >= 11 is 0. The van der Waals surface area contributed by atoms with Gasteiger partial charge < -0.3 is 14.4 Å². The summed E-state index contributed by atoms with van der Waals surface area (Å²) in [5.74, 6) is 0.709. The highest BCUT2D eigenvalue weighted by atomic mass is 19.4. The molecule has 0 saturated heterocycles. The van der Waals surface area contributed by atoms with Crippen LogP contribution in [0.4, 0.5) is 18.9 Å². The maximum atomic E-state index is 12.2. The number of aromatic nitrogens is 1. The van der Waals surface area contributed by atoms with Crippen LogP contribution in [-0.4, -0.2) is 17.9 Å². The minimum absolute atomic E-state index is 0.262. The summed E-state index contributed by atoms with van der Waals surface area (Å²) in [7, 11) is 0. The molecule has 0 N–H and O–H groups in total. The lowest BCUT2D eigenvalue weighted by Crippen LogP contribution is -2.18. The lowest BCUT2D eigenvalue weighted by atomic mass is 10.1. The predicted octanol–water partition coefficient (Wildman–Crippen LogP) is 4.34. The number of anilines is 1.